The highest BCUT2D eigenvalue weighted by Gasteiger charge is 2.31. The fourth-order valence-electron chi connectivity index (χ4n) is 2.86. The number of halogens is 1. The van der Waals surface area contributed by atoms with Crippen LogP contribution in [0.15, 0.2) is 24.3 Å². The Kier molecular flexibility index (Phi) is 5.46. The van der Waals surface area contributed by atoms with Crippen molar-refractivity contribution in [2.75, 3.05) is 11.9 Å². The number of carbonyl (C=O) groups is 1. The number of alkyl halides is 1. The van der Waals surface area contributed by atoms with Crippen molar-refractivity contribution in [2.24, 2.45) is 5.41 Å². The highest BCUT2D eigenvalue weighted by molar-refractivity contribution is 9.09. The van der Waals surface area contributed by atoms with Crippen LogP contribution in [-0.2, 0) is 11.2 Å². The van der Waals surface area contributed by atoms with Gasteiger partial charge in [-0.15, -0.1) is 0 Å². The number of nitrogens with one attached hydrogen (secondary N) is 1. The van der Waals surface area contributed by atoms with Crippen LogP contribution in [0.5, 0.6) is 5.75 Å². The van der Waals surface area contributed by atoms with Crippen LogP contribution in [-0.4, -0.2) is 22.9 Å². The molecule has 0 bridgehead atoms. The van der Waals surface area contributed by atoms with Crippen LogP contribution in [0.1, 0.15) is 37.7 Å². The monoisotopic (exact) mass is 339 g/mol. The Morgan fingerprint density at radius 3 is 2.70 bits per heavy atom. The van der Waals surface area contributed by atoms with Crippen LogP contribution in [0.3, 0.4) is 0 Å². The molecule has 4 heteroatoms. The minimum atomic E-state index is 0.0292. The maximum Gasteiger partial charge on any atom is 0.224 e. The van der Waals surface area contributed by atoms with Crippen molar-refractivity contribution in [3.63, 3.8) is 0 Å². The third-order valence-corrected chi connectivity index (χ3v) is 5.32. The zero-order valence-corrected chi connectivity index (χ0v) is 13.3. The Bertz CT molecular complexity index is 456. The van der Waals surface area contributed by atoms with Crippen molar-refractivity contribution in [3.05, 3.63) is 29.8 Å². The molecular weight excluding hydrogens is 318 g/mol. The summed E-state index contributed by atoms with van der Waals surface area (Å²) in [5.41, 5.74) is 1.08. The second kappa shape index (κ2) is 7.11. The molecule has 1 saturated carbocycles. The van der Waals surface area contributed by atoms with Crippen molar-refractivity contribution in [3.8, 4) is 5.75 Å². The minimum Gasteiger partial charge on any atom is -0.508 e. The lowest BCUT2D eigenvalue weighted by atomic mass is 9.75. The lowest BCUT2D eigenvalue weighted by Crippen LogP contribution is -2.40. The average Bonchev–Trinajstić information content (AvgIpc) is 2.46. The van der Waals surface area contributed by atoms with Gasteiger partial charge in [0.2, 0.25) is 5.91 Å². The van der Waals surface area contributed by atoms with Gasteiger partial charge in [-0.2, -0.15) is 0 Å². The summed E-state index contributed by atoms with van der Waals surface area (Å²) in [6.45, 7) is 0.746. The molecule has 1 fully saturated rings. The van der Waals surface area contributed by atoms with Crippen molar-refractivity contribution >= 4 is 21.8 Å². The fourth-order valence-corrected chi connectivity index (χ4v) is 3.62. The average molecular weight is 340 g/mol. The summed E-state index contributed by atoms with van der Waals surface area (Å²) in [6.07, 6.45) is 6.52. The van der Waals surface area contributed by atoms with Gasteiger partial charge in [-0.1, -0.05) is 47.3 Å². The second-order valence-corrected chi connectivity index (χ2v) is 6.38. The number of rotatable bonds is 5. The van der Waals surface area contributed by atoms with Gasteiger partial charge < -0.3 is 10.4 Å². The van der Waals surface area contributed by atoms with Crippen molar-refractivity contribution in [2.45, 2.75) is 38.5 Å². The van der Waals surface area contributed by atoms with Crippen LogP contribution >= 0.6 is 15.9 Å². The first-order valence-electron chi connectivity index (χ1n) is 7.24. The van der Waals surface area contributed by atoms with Crippen LogP contribution in [0, 0.1) is 5.41 Å². The first kappa shape index (κ1) is 15.4. The minimum absolute atomic E-state index is 0.0292. The van der Waals surface area contributed by atoms with Gasteiger partial charge in [0.25, 0.3) is 0 Å². The molecule has 2 rings (SSSR count). The van der Waals surface area contributed by atoms with Crippen molar-refractivity contribution in [1.29, 1.82) is 0 Å². The lowest BCUT2D eigenvalue weighted by molar-refractivity contribution is -0.121. The SMILES string of the molecule is O=C(Cc1cccc(O)c1)NCC1(CBr)CCCCC1. The Hall–Kier alpha value is -1.03. The molecule has 1 aliphatic rings. The largest absolute Gasteiger partial charge is 0.508 e. The molecule has 0 aliphatic heterocycles. The lowest BCUT2D eigenvalue weighted by Gasteiger charge is -2.35. The molecule has 2 N–H and O–H groups in total. The van der Waals surface area contributed by atoms with Crippen LogP contribution < -0.4 is 5.32 Å². The molecule has 1 aromatic carbocycles. The molecule has 0 heterocycles. The van der Waals surface area contributed by atoms with Gasteiger partial charge in [0, 0.05) is 11.9 Å². The van der Waals surface area contributed by atoms with Gasteiger partial charge in [-0.05, 0) is 36.0 Å². The molecule has 0 spiro atoms. The van der Waals surface area contributed by atoms with E-state index in [-0.39, 0.29) is 17.1 Å². The number of phenols is 1. The van der Waals surface area contributed by atoms with Gasteiger partial charge in [-0.3, -0.25) is 4.79 Å². The van der Waals surface area contributed by atoms with Gasteiger partial charge in [0.05, 0.1) is 6.42 Å². The molecule has 3 nitrogen and oxygen atoms in total. The summed E-state index contributed by atoms with van der Waals surface area (Å²) in [5.74, 6) is 0.237. The highest BCUT2D eigenvalue weighted by Crippen LogP contribution is 2.37. The topological polar surface area (TPSA) is 49.3 Å². The van der Waals surface area contributed by atoms with E-state index in [1.807, 2.05) is 6.07 Å². The van der Waals surface area contributed by atoms with Gasteiger partial charge in [0.15, 0.2) is 0 Å². The molecule has 0 unspecified atom stereocenters. The Morgan fingerprint density at radius 1 is 1.30 bits per heavy atom. The van der Waals surface area contributed by atoms with Crippen LogP contribution in [0.2, 0.25) is 0 Å². The number of carbonyl (C=O) groups excluding carboxylic acids is 1. The zero-order chi connectivity index (χ0) is 14.4. The van der Waals surface area contributed by atoms with E-state index in [9.17, 15) is 9.90 Å². The van der Waals surface area contributed by atoms with Crippen molar-refractivity contribution in [1.82, 2.24) is 5.32 Å². The van der Waals surface area contributed by atoms with Crippen molar-refractivity contribution < 1.29 is 9.90 Å². The van der Waals surface area contributed by atoms with Crippen LogP contribution in [0.25, 0.3) is 0 Å². The molecule has 110 valence electrons. The van der Waals surface area contributed by atoms with E-state index in [0.29, 0.717) is 6.42 Å². The van der Waals surface area contributed by atoms with Gasteiger partial charge in [-0.25, -0.2) is 0 Å². The normalized spacial score (nSPS) is 17.6. The number of amides is 1. The fraction of sp³-hybridized carbons (Fsp3) is 0.562. The summed E-state index contributed by atoms with van der Waals surface area (Å²) in [7, 11) is 0. The number of benzene rings is 1. The van der Waals surface area contributed by atoms with E-state index < -0.39 is 0 Å². The summed E-state index contributed by atoms with van der Waals surface area (Å²) < 4.78 is 0. The van der Waals surface area contributed by atoms with E-state index in [2.05, 4.69) is 21.2 Å². The zero-order valence-electron chi connectivity index (χ0n) is 11.7. The smallest absolute Gasteiger partial charge is 0.224 e. The first-order valence-corrected chi connectivity index (χ1v) is 8.36. The number of phenolic OH excluding ortho intramolecular Hbond substituents is 1. The van der Waals surface area contributed by atoms with Crippen LogP contribution in [0.4, 0.5) is 0 Å². The first-order chi connectivity index (χ1) is 9.63. The molecule has 0 atom stereocenters. The maximum absolute atomic E-state index is 12.0. The summed E-state index contributed by atoms with van der Waals surface area (Å²) in [4.78, 5) is 12.0. The molecular formula is C16H22BrNO2. The summed E-state index contributed by atoms with van der Waals surface area (Å²) in [6, 6.07) is 6.88. The van der Waals surface area contributed by atoms with E-state index >= 15 is 0 Å². The van der Waals surface area contributed by atoms with E-state index in [1.165, 1.54) is 32.1 Å². The van der Waals surface area contributed by atoms with E-state index in [0.717, 1.165) is 17.4 Å². The Balaban J connectivity index is 1.85. The second-order valence-electron chi connectivity index (χ2n) is 5.82. The number of aromatic hydroxyl groups is 1. The predicted molar refractivity (Wildman–Crippen MR) is 84.1 cm³/mol. The maximum atomic E-state index is 12.0. The predicted octanol–water partition coefficient (Wildman–Crippen LogP) is 3.40. The molecule has 1 aliphatic carbocycles. The number of hydrogen-bond acceptors (Lipinski definition) is 2. The van der Waals surface area contributed by atoms with Gasteiger partial charge in [0.1, 0.15) is 5.75 Å². The highest BCUT2D eigenvalue weighted by atomic mass is 79.9. The molecule has 1 amide bonds. The molecule has 1 aromatic rings. The molecule has 0 saturated heterocycles. The molecule has 0 radical (unpaired) electrons. The van der Waals surface area contributed by atoms with Gasteiger partial charge >= 0.3 is 0 Å². The van der Waals surface area contributed by atoms with E-state index in [4.69, 9.17) is 0 Å². The summed E-state index contributed by atoms with van der Waals surface area (Å²) >= 11 is 3.61. The van der Waals surface area contributed by atoms with E-state index in [1.54, 1.807) is 18.2 Å². The Labute approximate surface area is 128 Å². The third kappa shape index (κ3) is 4.23. The Morgan fingerprint density at radius 2 is 2.05 bits per heavy atom. The molecule has 0 aromatic heterocycles. The molecule has 20 heavy (non-hydrogen) atoms. The quantitative estimate of drug-likeness (QED) is 0.807. The number of hydrogen-bond donors (Lipinski definition) is 2. The standard InChI is InChI=1S/C16H22BrNO2/c17-11-16(7-2-1-3-8-16)12-18-15(20)10-13-5-4-6-14(19)9-13/h4-6,9,19H,1-3,7-8,10-12H2,(H,18,20). The third-order valence-electron chi connectivity index (χ3n) is 4.13. The summed E-state index contributed by atoms with van der Waals surface area (Å²) in [5, 5.41) is 13.4.